The molecule has 0 spiro atoms. The average molecular weight is 652 g/mol. The molecule has 7 unspecified atom stereocenters. The Bertz CT molecular complexity index is 1650. The first-order valence-electron chi connectivity index (χ1n) is 13.8. The summed E-state index contributed by atoms with van der Waals surface area (Å²) in [4.78, 5) is 28.4. The number of nitrogens with one attached hydrogen (secondary N) is 1. The van der Waals surface area contributed by atoms with E-state index in [0.29, 0.717) is 35.2 Å². The van der Waals surface area contributed by atoms with E-state index in [1.54, 1.807) is 49.3 Å². The molecule has 6 rings (SSSR count). The van der Waals surface area contributed by atoms with E-state index >= 15 is 0 Å². The van der Waals surface area contributed by atoms with Crippen molar-refractivity contribution in [2.24, 2.45) is 0 Å². The number of anilines is 2. The summed E-state index contributed by atoms with van der Waals surface area (Å²) < 4.78 is 52.9. The van der Waals surface area contributed by atoms with Gasteiger partial charge in [-0.15, -0.1) is 0 Å². The van der Waals surface area contributed by atoms with Crippen molar-refractivity contribution in [1.82, 2.24) is 43.9 Å². The van der Waals surface area contributed by atoms with Crippen LogP contribution in [0.3, 0.4) is 0 Å². The monoisotopic (exact) mass is 651 g/mol. The molecule has 2 saturated heterocycles. The minimum Gasteiger partial charge on any atom is -0.382 e. The average Bonchev–Trinajstić information content (AvgIpc) is 3.76. The minimum atomic E-state index is -2.78. The number of aromatic nitrogens is 8. The summed E-state index contributed by atoms with van der Waals surface area (Å²) in [6.45, 7) is 3.58. The maximum Gasteiger partial charge on any atom is 0.262 e. The molecule has 0 bridgehead atoms. The highest BCUT2D eigenvalue weighted by Gasteiger charge is 2.42. The highest BCUT2D eigenvalue weighted by Crippen LogP contribution is 2.50. The van der Waals surface area contributed by atoms with Crippen LogP contribution >= 0.6 is 15.8 Å². The maximum absolute atomic E-state index is 12.9. The number of nitrogen functional groups attached to an aromatic ring is 2. The predicted octanol–water partition coefficient (Wildman–Crippen LogP) is 1.82. The molecular formula is C24H35N11O7P2. The molecule has 6 heterocycles. The van der Waals surface area contributed by atoms with Crippen LogP contribution in [-0.4, -0.2) is 104 Å². The Morgan fingerprint density at radius 2 is 1.43 bits per heavy atom. The topological polar surface area (TPSA) is 224 Å². The summed E-state index contributed by atoms with van der Waals surface area (Å²) >= 11 is 0. The van der Waals surface area contributed by atoms with Gasteiger partial charge in [0.1, 0.15) is 55.6 Å². The highest BCUT2D eigenvalue weighted by atomic mass is 31.2. The zero-order valence-electron chi connectivity index (χ0n) is 24.6. The zero-order chi connectivity index (χ0) is 31.0. The third-order valence-electron chi connectivity index (χ3n) is 7.30. The Morgan fingerprint density at radius 3 is 1.95 bits per heavy atom. The number of nitrogens with zero attached hydrogens (tertiary/aromatic N) is 8. The molecule has 2 aliphatic rings. The number of hydrogen-bond acceptors (Lipinski definition) is 15. The van der Waals surface area contributed by atoms with E-state index in [1.807, 2.05) is 0 Å². The van der Waals surface area contributed by atoms with E-state index < -0.39 is 46.6 Å². The first-order chi connectivity index (χ1) is 21.1. The predicted molar refractivity (Wildman–Crippen MR) is 160 cm³/mol. The molecule has 0 aromatic carbocycles. The van der Waals surface area contributed by atoms with Gasteiger partial charge in [0, 0.05) is 40.4 Å². The molecule has 0 radical (unpaired) electrons. The molecule has 2 aliphatic heterocycles. The fraction of sp³-hybridized carbons (Fsp3) is 0.583. The van der Waals surface area contributed by atoms with Crippen LogP contribution < -0.4 is 16.3 Å². The van der Waals surface area contributed by atoms with Crippen LogP contribution in [0.2, 0.25) is 0 Å². The summed E-state index contributed by atoms with van der Waals surface area (Å²) in [5, 5.41) is 0. The normalized spacial score (nSPS) is 26.6. The van der Waals surface area contributed by atoms with Gasteiger partial charge in [-0.05, 0) is 0 Å². The van der Waals surface area contributed by atoms with Gasteiger partial charge in [-0.2, -0.15) is 4.86 Å². The summed E-state index contributed by atoms with van der Waals surface area (Å²) in [5.74, 6) is 0.566. The van der Waals surface area contributed by atoms with E-state index in [0.717, 1.165) is 0 Å². The van der Waals surface area contributed by atoms with Gasteiger partial charge in [0.15, 0.2) is 22.9 Å². The lowest BCUT2D eigenvalue weighted by Crippen LogP contribution is -2.31. The van der Waals surface area contributed by atoms with Crippen LogP contribution in [0.1, 0.15) is 25.3 Å². The second-order valence-corrected chi connectivity index (χ2v) is 15.3. The molecule has 18 nitrogen and oxygen atoms in total. The lowest BCUT2D eigenvalue weighted by molar-refractivity contribution is -0.0553. The van der Waals surface area contributed by atoms with E-state index in [1.165, 1.54) is 12.7 Å². The number of hydrogen-bond donors (Lipinski definition) is 3. The van der Waals surface area contributed by atoms with Gasteiger partial charge >= 0.3 is 0 Å². The first kappa shape index (κ1) is 31.1. The van der Waals surface area contributed by atoms with Gasteiger partial charge in [-0.25, -0.2) is 29.9 Å². The fourth-order valence-electron chi connectivity index (χ4n) is 5.27. The molecular weight excluding hydrogens is 616 g/mol. The standard InChI is InChI=1S/C24H35N11O7P2/c1-37-7-15-14(6-18(40-15)35-12-32-20-22(26)28-10-30-24(20)35)42-43(33-44(3,4)36)39-8-16-13(38-2)5-17(41-16)34-11-31-19-21(25)27-9-29-23(19)34/h9-18H,5-8H2,1-4H3,(H,33,36)(H2,25,27,29)(H2,26,28,30). The van der Waals surface area contributed by atoms with E-state index in [2.05, 4.69) is 34.8 Å². The first-order valence-corrected chi connectivity index (χ1v) is 17.5. The molecule has 2 fully saturated rings. The summed E-state index contributed by atoms with van der Waals surface area (Å²) in [6.07, 6.45) is 4.36. The maximum atomic E-state index is 12.9. The van der Waals surface area contributed by atoms with Crippen molar-refractivity contribution in [3.63, 3.8) is 0 Å². The van der Waals surface area contributed by atoms with Crippen LogP contribution in [0.4, 0.5) is 11.6 Å². The van der Waals surface area contributed by atoms with Crippen molar-refractivity contribution in [3.8, 4) is 0 Å². The molecule has 44 heavy (non-hydrogen) atoms. The van der Waals surface area contributed by atoms with Crippen LogP contribution in [-0.2, 0) is 32.6 Å². The van der Waals surface area contributed by atoms with Crippen LogP contribution in [0.25, 0.3) is 22.3 Å². The van der Waals surface area contributed by atoms with E-state index in [-0.39, 0.29) is 31.0 Å². The number of ether oxygens (including phenoxy) is 4. The van der Waals surface area contributed by atoms with Gasteiger partial charge in [0.25, 0.3) is 8.53 Å². The molecule has 20 heteroatoms. The number of rotatable bonds is 12. The van der Waals surface area contributed by atoms with Crippen molar-refractivity contribution in [2.45, 2.75) is 49.7 Å². The lowest BCUT2D eigenvalue weighted by Gasteiger charge is -2.27. The van der Waals surface area contributed by atoms with Gasteiger partial charge in [-0.1, -0.05) is 0 Å². The van der Waals surface area contributed by atoms with Gasteiger partial charge in [0.05, 0.1) is 38.1 Å². The summed E-state index contributed by atoms with van der Waals surface area (Å²) in [7, 11) is -1.44. The molecule has 4 aromatic rings. The molecule has 5 N–H and O–H groups in total. The summed E-state index contributed by atoms with van der Waals surface area (Å²) in [5.41, 5.74) is 14.0. The highest BCUT2D eigenvalue weighted by molar-refractivity contribution is 7.70. The Labute approximate surface area is 253 Å². The Morgan fingerprint density at radius 1 is 0.886 bits per heavy atom. The van der Waals surface area contributed by atoms with Crippen LogP contribution in [0.5, 0.6) is 0 Å². The van der Waals surface area contributed by atoms with Crippen molar-refractivity contribution in [1.29, 1.82) is 0 Å². The molecule has 4 aromatic heterocycles. The molecule has 0 saturated carbocycles. The Hall–Kier alpha value is -2.92. The molecule has 0 aliphatic carbocycles. The Kier molecular flexibility index (Phi) is 9.06. The second kappa shape index (κ2) is 12.8. The lowest BCUT2D eigenvalue weighted by atomic mass is 10.2. The molecule has 7 atom stereocenters. The Balaban J connectivity index is 1.16. The third kappa shape index (κ3) is 6.40. The number of methoxy groups -OCH3 is 2. The van der Waals surface area contributed by atoms with Crippen molar-refractivity contribution >= 4 is 49.8 Å². The largest absolute Gasteiger partial charge is 0.382 e. The van der Waals surface area contributed by atoms with Crippen molar-refractivity contribution < 1.29 is 32.6 Å². The quantitative estimate of drug-likeness (QED) is 0.186. The fourth-order valence-corrected chi connectivity index (χ4v) is 8.07. The van der Waals surface area contributed by atoms with E-state index in [9.17, 15) is 4.57 Å². The van der Waals surface area contributed by atoms with Gasteiger partial charge in [0.2, 0.25) is 0 Å². The number of nitrogens with two attached hydrogens (primary N) is 2. The minimum absolute atomic E-state index is 0.103. The number of imidazole rings is 2. The van der Waals surface area contributed by atoms with Crippen molar-refractivity contribution in [2.75, 3.05) is 52.2 Å². The smallest absolute Gasteiger partial charge is 0.262 e. The van der Waals surface area contributed by atoms with E-state index in [4.69, 9.17) is 39.5 Å². The summed E-state index contributed by atoms with van der Waals surface area (Å²) in [6, 6.07) is 0. The van der Waals surface area contributed by atoms with Crippen LogP contribution in [0.15, 0.2) is 25.3 Å². The van der Waals surface area contributed by atoms with Crippen molar-refractivity contribution in [3.05, 3.63) is 25.3 Å². The number of fused-ring (bicyclic) bond motifs is 2. The second-order valence-electron chi connectivity index (χ2n) is 10.8. The molecule has 0 amide bonds. The van der Waals surface area contributed by atoms with Gasteiger partial charge < -0.3 is 44.0 Å². The SMILES string of the molecule is COCC1OC(n2cnc3c(N)ncnc32)CC1OP(NP(C)(C)=O)OCC1OC(n2cnc3c(N)ncnc32)CC1OC. The third-order valence-corrected chi connectivity index (χ3v) is 10.7. The zero-order valence-corrected chi connectivity index (χ0v) is 26.4. The molecule has 238 valence electrons. The van der Waals surface area contributed by atoms with Crippen LogP contribution in [0, 0.1) is 0 Å². The van der Waals surface area contributed by atoms with Gasteiger partial charge in [-0.3, -0.25) is 9.13 Å².